The third-order valence-corrected chi connectivity index (χ3v) is 4.28. The van der Waals surface area contributed by atoms with Crippen LogP contribution in [-0.4, -0.2) is 27.0 Å². The van der Waals surface area contributed by atoms with Crippen molar-refractivity contribution in [1.29, 1.82) is 0 Å². The summed E-state index contributed by atoms with van der Waals surface area (Å²) in [5.41, 5.74) is 0.966. The van der Waals surface area contributed by atoms with E-state index in [4.69, 9.17) is 12.2 Å². The highest BCUT2D eigenvalue weighted by Crippen LogP contribution is 2.15. The van der Waals surface area contributed by atoms with Crippen molar-refractivity contribution in [3.8, 4) is 0 Å². The molecule has 0 atom stereocenters. The van der Waals surface area contributed by atoms with E-state index in [2.05, 4.69) is 31.5 Å². The Kier molecular flexibility index (Phi) is 5.87. The van der Waals surface area contributed by atoms with Crippen LogP contribution in [0.1, 0.15) is 0 Å². The highest BCUT2D eigenvalue weighted by atomic mass is 79.9. The van der Waals surface area contributed by atoms with Gasteiger partial charge in [0, 0.05) is 41.9 Å². The van der Waals surface area contributed by atoms with Crippen LogP contribution >= 0.6 is 39.9 Å². The molecule has 1 aromatic heterocycles. The fraction of sp³-hybridized carbons (Fsp3) is 0.231. The number of rotatable bonds is 5. The van der Waals surface area contributed by atoms with Crippen LogP contribution in [0.2, 0.25) is 0 Å². The molecule has 0 amide bonds. The first-order chi connectivity index (χ1) is 9.65. The average Bonchev–Trinajstić information content (AvgIpc) is 2.80. The van der Waals surface area contributed by atoms with Gasteiger partial charge in [-0.15, -0.1) is 0 Å². The Morgan fingerprint density at radius 1 is 1.50 bits per heavy atom. The maximum atomic E-state index is 5.25. The summed E-state index contributed by atoms with van der Waals surface area (Å²) in [6, 6.07) is 7.90. The van der Waals surface area contributed by atoms with Crippen molar-refractivity contribution in [3.63, 3.8) is 0 Å². The number of nitrogens with zero attached hydrogens (tertiary/aromatic N) is 2. The van der Waals surface area contributed by atoms with Gasteiger partial charge in [-0.3, -0.25) is 0 Å². The number of benzene rings is 1. The minimum absolute atomic E-state index is 0.628. The molecule has 4 nitrogen and oxygen atoms in total. The summed E-state index contributed by atoms with van der Waals surface area (Å²) in [6.45, 7) is 0.789. The van der Waals surface area contributed by atoms with Gasteiger partial charge in [-0.1, -0.05) is 33.8 Å². The van der Waals surface area contributed by atoms with Crippen LogP contribution in [0.15, 0.2) is 46.3 Å². The summed E-state index contributed by atoms with van der Waals surface area (Å²) < 4.78 is 3.03. The van der Waals surface area contributed by atoms with Crippen LogP contribution in [0.5, 0.6) is 0 Å². The second-order valence-corrected chi connectivity index (χ2v) is 6.45. The van der Waals surface area contributed by atoms with E-state index in [9.17, 15) is 0 Å². The molecule has 2 rings (SSSR count). The van der Waals surface area contributed by atoms with E-state index < -0.39 is 0 Å². The lowest BCUT2D eigenvalue weighted by Gasteiger charge is -2.10. The summed E-state index contributed by atoms with van der Waals surface area (Å²) >= 11 is 10.4. The van der Waals surface area contributed by atoms with Crippen molar-refractivity contribution in [1.82, 2.24) is 14.9 Å². The van der Waals surface area contributed by atoms with Gasteiger partial charge < -0.3 is 15.2 Å². The van der Waals surface area contributed by atoms with Gasteiger partial charge >= 0.3 is 0 Å². The molecule has 2 N–H and O–H groups in total. The summed E-state index contributed by atoms with van der Waals surface area (Å²) in [6.07, 6.45) is 3.74. The van der Waals surface area contributed by atoms with E-state index in [0.717, 1.165) is 27.6 Å². The molecule has 0 fully saturated rings. The molecule has 7 heteroatoms. The largest absolute Gasteiger partial charge is 0.362 e. The number of thioether (sulfide) groups is 1. The van der Waals surface area contributed by atoms with Crippen molar-refractivity contribution in [2.75, 3.05) is 17.6 Å². The van der Waals surface area contributed by atoms with Gasteiger partial charge in [0.2, 0.25) is 0 Å². The molecule has 0 saturated carbocycles. The Morgan fingerprint density at radius 3 is 3.05 bits per heavy atom. The quantitative estimate of drug-likeness (QED) is 0.480. The van der Waals surface area contributed by atoms with Gasteiger partial charge in [0.05, 0.1) is 0 Å². The number of halogens is 1. The standard InChI is InChI=1S/C13H15BrN4S2/c1-18-7-5-16-13(18)20-8-6-15-12(19)17-11-4-2-3-10(14)9-11/h2-5,7,9H,6,8H2,1H3,(H2,15,17,19). The molecule has 2 aromatic rings. The van der Waals surface area contributed by atoms with Gasteiger partial charge in [0.25, 0.3) is 0 Å². The summed E-state index contributed by atoms with van der Waals surface area (Å²) in [5.74, 6) is 0.908. The number of thiocarbonyl (C=S) groups is 1. The molecule has 0 bridgehead atoms. The third-order valence-electron chi connectivity index (χ3n) is 2.48. The second-order valence-electron chi connectivity index (χ2n) is 4.06. The first-order valence-electron chi connectivity index (χ1n) is 6.05. The molecule has 0 aliphatic rings. The van der Waals surface area contributed by atoms with E-state index in [0.29, 0.717) is 5.11 Å². The van der Waals surface area contributed by atoms with Crippen molar-refractivity contribution in [2.45, 2.75) is 5.16 Å². The highest BCUT2D eigenvalue weighted by Gasteiger charge is 2.01. The zero-order chi connectivity index (χ0) is 14.4. The van der Waals surface area contributed by atoms with Crippen molar-refractivity contribution < 1.29 is 0 Å². The smallest absolute Gasteiger partial charge is 0.170 e. The van der Waals surface area contributed by atoms with Gasteiger partial charge in [-0.25, -0.2) is 4.98 Å². The minimum atomic E-state index is 0.628. The molecule has 1 heterocycles. The van der Waals surface area contributed by atoms with Crippen molar-refractivity contribution >= 4 is 50.7 Å². The molecule has 0 saturated heterocycles. The lowest BCUT2D eigenvalue weighted by molar-refractivity contribution is 0.789. The SMILES string of the molecule is Cn1ccnc1SCCNC(=S)Nc1cccc(Br)c1. The Hall–Kier alpha value is -1.05. The average molecular weight is 371 g/mol. The number of hydrogen-bond acceptors (Lipinski definition) is 3. The molecule has 0 unspecified atom stereocenters. The van der Waals surface area contributed by atoms with Crippen LogP contribution in [0.3, 0.4) is 0 Å². The Bertz CT molecular complexity index is 585. The zero-order valence-corrected chi connectivity index (χ0v) is 14.2. The second kappa shape index (κ2) is 7.66. The zero-order valence-electron chi connectivity index (χ0n) is 11.0. The molecule has 0 spiro atoms. The predicted molar refractivity (Wildman–Crippen MR) is 92.3 cm³/mol. The normalized spacial score (nSPS) is 10.3. The molecule has 0 aliphatic carbocycles. The van der Waals surface area contributed by atoms with Crippen LogP contribution in [0, 0.1) is 0 Å². The summed E-state index contributed by atoms with van der Waals surface area (Å²) in [7, 11) is 1.99. The molecule has 20 heavy (non-hydrogen) atoms. The fourth-order valence-electron chi connectivity index (χ4n) is 1.54. The first-order valence-corrected chi connectivity index (χ1v) is 8.24. The number of aromatic nitrogens is 2. The fourth-order valence-corrected chi connectivity index (χ4v) is 2.95. The summed E-state index contributed by atoms with van der Waals surface area (Å²) in [5, 5.41) is 7.97. The first kappa shape index (κ1) is 15.3. The maximum absolute atomic E-state index is 5.25. The molecule has 1 aromatic carbocycles. The van der Waals surface area contributed by atoms with E-state index in [1.165, 1.54) is 0 Å². The van der Waals surface area contributed by atoms with Crippen molar-refractivity contribution in [2.24, 2.45) is 7.05 Å². The van der Waals surface area contributed by atoms with E-state index in [-0.39, 0.29) is 0 Å². The van der Waals surface area contributed by atoms with Crippen LogP contribution in [0.25, 0.3) is 0 Å². The van der Waals surface area contributed by atoms with E-state index in [1.54, 1.807) is 18.0 Å². The summed E-state index contributed by atoms with van der Waals surface area (Å²) in [4.78, 5) is 4.25. The molecule has 0 radical (unpaired) electrons. The lowest BCUT2D eigenvalue weighted by Crippen LogP contribution is -2.30. The number of imidazole rings is 1. The van der Waals surface area contributed by atoms with E-state index >= 15 is 0 Å². The predicted octanol–water partition coefficient (Wildman–Crippen LogP) is 3.26. The van der Waals surface area contributed by atoms with Crippen LogP contribution < -0.4 is 10.6 Å². The molecular formula is C13H15BrN4S2. The Balaban J connectivity index is 1.69. The Morgan fingerprint density at radius 2 is 2.35 bits per heavy atom. The highest BCUT2D eigenvalue weighted by molar-refractivity contribution is 9.10. The number of aryl methyl sites for hydroxylation is 1. The third kappa shape index (κ3) is 4.81. The Labute approximate surface area is 136 Å². The maximum Gasteiger partial charge on any atom is 0.170 e. The van der Waals surface area contributed by atoms with Gasteiger partial charge in [-0.05, 0) is 30.4 Å². The van der Waals surface area contributed by atoms with Crippen LogP contribution in [-0.2, 0) is 7.05 Å². The number of hydrogen-bond donors (Lipinski definition) is 2. The molecular weight excluding hydrogens is 356 g/mol. The number of nitrogens with one attached hydrogen (secondary N) is 2. The van der Waals surface area contributed by atoms with Gasteiger partial charge in [-0.2, -0.15) is 0 Å². The molecule has 106 valence electrons. The van der Waals surface area contributed by atoms with Crippen LogP contribution in [0.4, 0.5) is 5.69 Å². The topological polar surface area (TPSA) is 41.9 Å². The lowest BCUT2D eigenvalue weighted by atomic mass is 10.3. The molecule has 0 aliphatic heterocycles. The van der Waals surface area contributed by atoms with Crippen molar-refractivity contribution in [3.05, 3.63) is 41.1 Å². The minimum Gasteiger partial charge on any atom is -0.362 e. The van der Waals surface area contributed by atoms with Gasteiger partial charge in [0.1, 0.15) is 0 Å². The van der Waals surface area contributed by atoms with Gasteiger partial charge in [0.15, 0.2) is 10.3 Å². The monoisotopic (exact) mass is 370 g/mol. The van der Waals surface area contributed by atoms with E-state index in [1.807, 2.05) is 42.1 Å². The number of anilines is 1.